The highest BCUT2D eigenvalue weighted by molar-refractivity contribution is 5.39. The normalized spacial score (nSPS) is 12.2. The third-order valence-electron chi connectivity index (χ3n) is 3.92. The average Bonchev–Trinajstić information content (AvgIpc) is 2.47. The van der Waals surface area contributed by atoms with E-state index < -0.39 is 0 Å². The number of hydrogen-bond acceptors (Lipinski definition) is 2. The predicted octanol–water partition coefficient (Wildman–Crippen LogP) is 3.82. The molecule has 1 unspecified atom stereocenters. The molecule has 0 spiro atoms. The molecule has 2 aromatic rings. The van der Waals surface area contributed by atoms with E-state index in [-0.39, 0.29) is 6.04 Å². The number of ether oxygens (including phenoxy) is 1. The van der Waals surface area contributed by atoms with Gasteiger partial charge in [0.25, 0.3) is 0 Å². The van der Waals surface area contributed by atoms with Crippen LogP contribution < -0.4 is 10.1 Å². The molecular formula is C18H23NO. The molecule has 1 N–H and O–H groups in total. The molecule has 0 fully saturated rings. The van der Waals surface area contributed by atoms with Crippen LogP contribution in [0.5, 0.6) is 5.75 Å². The number of para-hydroxylation sites is 1. The van der Waals surface area contributed by atoms with E-state index in [1.165, 1.54) is 22.3 Å². The Morgan fingerprint density at radius 2 is 1.65 bits per heavy atom. The van der Waals surface area contributed by atoms with Gasteiger partial charge >= 0.3 is 0 Å². The van der Waals surface area contributed by atoms with E-state index in [4.69, 9.17) is 4.74 Å². The minimum absolute atomic E-state index is 0.256. The maximum Gasteiger partial charge on any atom is 0.123 e. The summed E-state index contributed by atoms with van der Waals surface area (Å²) in [5, 5.41) is 3.42. The predicted molar refractivity (Wildman–Crippen MR) is 84.4 cm³/mol. The van der Waals surface area contributed by atoms with Crippen LogP contribution in [0.2, 0.25) is 0 Å². The van der Waals surface area contributed by atoms with Gasteiger partial charge in [-0.05, 0) is 50.1 Å². The molecule has 0 radical (unpaired) electrons. The van der Waals surface area contributed by atoms with Crippen LogP contribution in [0.1, 0.15) is 28.3 Å². The summed E-state index contributed by atoms with van der Waals surface area (Å²) < 4.78 is 5.49. The third-order valence-corrected chi connectivity index (χ3v) is 3.92. The number of hydrogen-bond donors (Lipinski definition) is 1. The van der Waals surface area contributed by atoms with Crippen molar-refractivity contribution in [1.29, 1.82) is 0 Å². The molecular weight excluding hydrogens is 246 g/mol. The van der Waals surface area contributed by atoms with Crippen molar-refractivity contribution in [1.82, 2.24) is 5.32 Å². The summed E-state index contributed by atoms with van der Waals surface area (Å²) in [7, 11) is 3.73. The SMILES string of the molecule is CNC(Cc1c(C)cccc1C)c1ccccc1OC. The molecule has 1 atom stereocenters. The first-order valence-electron chi connectivity index (χ1n) is 7.02. The fourth-order valence-corrected chi connectivity index (χ4v) is 2.70. The molecule has 106 valence electrons. The van der Waals surface area contributed by atoms with E-state index in [0.29, 0.717) is 0 Å². The van der Waals surface area contributed by atoms with Gasteiger partial charge in [0.15, 0.2) is 0 Å². The number of methoxy groups -OCH3 is 1. The van der Waals surface area contributed by atoms with Crippen molar-refractivity contribution in [3.05, 3.63) is 64.7 Å². The van der Waals surface area contributed by atoms with E-state index >= 15 is 0 Å². The number of rotatable bonds is 5. The highest BCUT2D eigenvalue weighted by Crippen LogP contribution is 2.28. The lowest BCUT2D eigenvalue weighted by molar-refractivity contribution is 0.401. The molecule has 2 nitrogen and oxygen atoms in total. The molecule has 2 rings (SSSR count). The second-order valence-electron chi connectivity index (χ2n) is 5.16. The maximum absolute atomic E-state index is 5.49. The molecule has 0 aromatic heterocycles. The van der Waals surface area contributed by atoms with Gasteiger partial charge in [-0.25, -0.2) is 0 Å². The van der Waals surface area contributed by atoms with Crippen molar-refractivity contribution in [2.24, 2.45) is 0 Å². The minimum atomic E-state index is 0.256. The summed E-state index contributed by atoms with van der Waals surface area (Å²) in [5.41, 5.74) is 5.32. The lowest BCUT2D eigenvalue weighted by Crippen LogP contribution is -2.20. The molecule has 0 amide bonds. The topological polar surface area (TPSA) is 21.3 Å². The summed E-state index contributed by atoms with van der Waals surface area (Å²) in [5.74, 6) is 0.943. The first kappa shape index (κ1) is 14.6. The zero-order chi connectivity index (χ0) is 14.5. The zero-order valence-corrected chi connectivity index (χ0v) is 12.7. The quantitative estimate of drug-likeness (QED) is 0.891. The van der Waals surface area contributed by atoms with Crippen LogP contribution in [0.3, 0.4) is 0 Å². The number of likely N-dealkylation sites (N-methyl/N-ethyl adjacent to an activating group) is 1. The Balaban J connectivity index is 2.34. The summed E-state index contributed by atoms with van der Waals surface area (Å²) >= 11 is 0. The fourth-order valence-electron chi connectivity index (χ4n) is 2.70. The van der Waals surface area contributed by atoms with E-state index in [0.717, 1.165) is 12.2 Å². The van der Waals surface area contributed by atoms with Gasteiger partial charge in [0, 0.05) is 11.6 Å². The molecule has 2 aromatic carbocycles. The van der Waals surface area contributed by atoms with E-state index in [2.05, 4.69) is 49.5 Å². The lowest BCUT2D eigenvalue weighted by atomic mass is 9.92. The Morgan fingerprint density at radius 1 is 1.00 bits per heavy atom. The van der Waals surface area contributed by atoms with Crippen LogP contribution in [0.4, 0.5) is 0 Å². The third kappa shape index (κ3) is 3.02. The van der Waals surface area contributed by atoms with E-state index in [1.807, 2.05) is 19.2 Å². The summed E-state index contributed by atoms with van der Waals surface area (Å²) in [4.78, 5) is 0. The van der Waals surface area contributed by atoms with Gasteiger partial charge in [-0.1, -0.05) is 36.4 Å². The molecule has 2 heteroatoms. The molecule has 0 aliphatic heterocycles. The van der Waals surface area contributed by atoms with E-state index in [1.54, 1.807) is 7.11 Å². The zero-order valence-electron chi connectivity index (χ0n) is 12.7. The van der Waals surface area contributed by atoms with Gasteiger partial charge in [-0.3, -0.25) is 0 Å². The fraction of sp³-hybridized carbons (Fsp3) is 0.333. The van der Waals surface area contributed by atoms with Gasteiger partial charge in [0.1, 0.15) is 5.75 Å². The van der Waals surface area contributed by atoms with Gasteiger partial charge in [0.2, 0.25) is 0 Å². The Hall–Kier alpha value is -1.80. The van der Waals surface area contributed by atoms with Crippen molar-refractivity contribution in [3.8, 4) is 5.75 Å². The van der Waals surface area contributed by atoms with Crippen LogP contribution in [0, 0.1) is 13.8 Å². The monoisotopic (exact) mass is 269 g/mol. The van der Waals surface area contributed by atoms with Crippen molar-refractivity contribution in [3.63, 3.8) is 0 Å². The molecule has 20 heavy (non-hydrogen) atoms. The van der Waals surface area contributed by atoms with Crippen LogP contribution in [-0.2, 0) is 6.42 Å². The number of benzene rings is 2. The van der Waals surface area contributed by atoms with Gasteiger partial charge in [-0.15, -0.1) is 0 Å². The Labute approximate surface area is 121 Å². The standard InChI is InChI=1S/C18H23NO/c1-13-8-7-9-14(2)16(13)12-17(19-3)15-10-5-6-11-18(15)20-4/h5-11,17,19H,12H2,1-4H3. The molecule has 0 heterocycles. The van der Waals surface area contributed by atoms with E-state index in [9.17, 15) is 0 Å². The largest absolute Gasteiger partial charge is 0.496 e. The van der Waals surface area contributed by atoms with Crippen molar-refractivity contribution in [2.45, 2.75) is 26.3 Å². The molecule has 0 saturated carbocycles. The first-order chi connectivity index (χ1) is 9.67. The number of nitrogens with one attached hydrogen (secondary N) is 1. The Bertz CT molecular complexity index is 557. The van der Waals surface area contributed by atoms with Gasteiger partial charge in [0.05, 0.1) is 7.11 Å². The van der Waals surface area contributed by atoms with Gasteiger partial charge < -0.3 is 10.1 Å². The lowest BCUT2D eigenvalue weighted by Gasteiger charge is -2.21. The van der Waals surface area contributed by atoms with Crippen molar-refractivity contribution >= 4 is 0 Å². The maximum atomic E-state index is 5.49. The Kier molecular flexibility index (Phi) is 4.80. The second kappa shape index (κ2) is 6.58. The van der Waals surface area contributed by atoms with Crippen LogP contribution in [0.15, 0.2) is 42.5 Å². The summed E-state index contributed by atoms with van der Waals surface area (Å²) in [6.45, 7) is 4.36. The number of aryl methyl sites for hydroxylation is 2. The van der Waals surface area contributed by atoms with Crippen LogP contribution in [-0.4, -0.2) is 14.2 Å². The highest BCUT2D eigenvalue weighted by atomic mass is 16.5. The minimum Gasteiger partial charge on any atom is -0.496 e. The summed E-state index contributed by atoms with van der Waals surface area (Å²) in [6.07, 6.45) is 0.968. The van der Waals surface area contributed by atoms with Crippen molar-refractivity contribution < 1.29 is 4.74 Å². The smallest absolute Gasteiger partial charge is 0.123 e. The highest BCUT2D eigenvalue weighted by Gasteiger charge is 2.16. The molecule has 0 bridgehead atoms. The Morgan fingerprint density at radius 3 is 2.25 bits per heavy atom. The van der Waals surface area contributed by atoms with Gasteiger partial charge in [-0.2, -0.15) is 0 Å². The summed E-state index contributed by atoms with van der Waals surface area (Å²) in [6, 6.07) is 14.9. The average molecular weight is 269 g/mol. The first-order valence-corrected chi connectivity index (χ1v) is 7.02. The van der Waals surface area contributed by atoms with Crippen LogP contribution >= 0.6 is 0 Å². The molecule has 0 aliphatic rings. The van der Waals surface area contributed by atoms with Crippen molar-refractivity contribution in [2.75, 3.05) is 14.2 Å². The second-order valence-corrected chi connectivity index (χ2v) is 5.16. The van der Waals surface area contributed by atoms with Crippen LogP contribution in [0.25, 0.3) is 0 Å². The molecule has 0 saturated heterocycles. The molecule has 0 aliphatic carbocycles.